The predicted octanol–water partition coefficient (Wildman–Crippen LogP) is 3.47. The highest BCUT2D eigenvalue weighted by atomic mass is 19.4. The molecule has 1 N–H and O–H groups in total. The van der Waals surface area contributed by atoms with Crippen LogP contribution in [0.5, 0.6) is 5.75 Å². The van der Waals surface area contributed by atoms with Gasteiger partial charge in [-0.15, -0.1) is 0 Å². The van der Waals surface area contributed by atoms with E-state index in [-0.39, 0.29) is 0 Å². The number of alkyl halides is 3. The fourth-order valence-electron chi connectivity index (χ4n) is 3.66. The number of piperidine rings is 1. The highest BCUT2D eigenvalue weighted by molar-refractivity contribution is 5.73. The van der Waals surface area contributed by atoms with Gasteiger partial charge >= 0.3 is 12.1 Å². The number of halogens is 4. The number of carboxylic acids is 1. The van der Waals surface area contributed by atoms with Crippen LogP contribution < -0.4 is 9.64 Å². The maximum absolute atomic E-state index is 12.9. The first kappa shape index (κ1) is 21.7. The molecule has 7 nitrogen and oxygen atoms in total. The number of hydrogen-bond donors (Lipinski definition) is 1. The molecule has 2 aromatic rings. The summed E-state index contributed by atoms with van der Waals surface area (Å²) >= 11 is 0. The second-order valence-electron chi connectivity index (χ2n) is 7.33. The van der Waals surface area contributed by atoms with E-state index in [0.29, 0.717) is 17.5 Å². The summed E-state index contributed by atoms with van der Waals surface area (Å²) in [6.07, 6.45) is 5.61. The average molecular weight is 428 g/mol. The summed E-state index contributed by atoms with van der Waals surface area (Å²) < 4.78 is 50.6. The Hall–Kier alpha value is -2.98. The molecule has 3 heterocycles. The lowest BCUT2D eigenvalue weighted by molar-refractivity contribution is -0.192. The fourth-order valence-corrected chi connectivity index (χ4v) is 3.66. The molecule has 0 aromatic carbocycles. The Kier molecular flexibility index (Phi) is 6.37. The minimum absolute atomic E-state index is 0.299. The minimum atomic E-state index is -5.08. The smallest absolute Gasteiger partial charge is 0.489 e. The summed E-state index contributed by atoms with van der Waals surface area (Å²) in [5, 5.41) is 7.12. The molecule has 4 rings (SSSR count). The molecule has 1 saturated carbocycles. The van der Waals surface area contributed by atoms with Crippen molar-refractivity contribution in [1.29, 1.82) is 0 Å². The summed E-state index contributed by atoms with van der Waals surface area (Å²) in [5.41, 5.74) is 0.392. The first-order valence-electron chi connectivity index (χ1n) is 9.26. The van der Waals surface area contributed by atoms with Crippen molar-refractivity contribution in [2.24, 2.45) is 5.41 Å². The van der Waals surface area contributed by atoms with Crippen LogP contribution >= 0.6 is 0 Å². The van der Waals surface area contributed by atoms with Crippen molar-refractivity contribution < 1.29 is 32.2 Å². The number of aromatic nitrogens is 3. The third kappa shape index (κ3) is 5.55. The maximum atomic E-state index is 12.9. The van der Waals surface area contributed by atoms with Crippen molar-refractivity contribution >= 4 is 11.9 Å². The molecule has 11 heteroatoms. The molecule has 1 spiro atoms. The Morgan fingerprint density at radius 2 is 1.77 bits per heavy atom. The molecule has 2 fully saturated rings. The molecule has 0 amide bonds. The van der Waals surface area contributed by atoms with Gasteiger partial charge in [0.1, 0.15) is 5.75 Å². The highest BCUT2D eigenvalue weighted by Crippen LogP contribution is 2.50. The molecular formula is C19H20F4N4O3. The Morgan fingerprint density at radius 1 is 1.17 bits per heavy atom. The Labute approximate surface area is 169 Å². The van der Waals surface area contributed by atoms with Gasteiger partial charge in [-0.3, -0.25) is 4.98 Å². The van der Waals surface area contributed by atoms with Crippen LogP contribution in [0.1, 0.15) is 25.7 Å². The first-order valence-corrected chi connectivity index (χ1v) is 9.26. The van der Waals surface area contributed by atoms with Gasteiger partial charge in [0.05, 0.1) is 24.7 Å². The van der Waals surface area contributed by atoms with E-state index in [2.05, 4.69) is 19.9 Å². The Balaban J connectivity index is 0.000000318. The van der Waals surface area contributed by atoms with Crippen LogP contribution in [0.4, 0.5) is 23.5 Å². The average Bonchev–Trinajstić information content (AvgIpc) is 2.69. The molecule has 0 atom stereocenters. The molecule has 0 radical (unpaired) electrons. The van der Waals surface area contributed by atoms with E-state index >= 15 is 0 Å². The van der Waals surface area contributed by atoms with Crippen molar-refractivity contribution in [2.45, 2.75) is 38.0 Å². The van der Waals surface area contributed by atoms with Crippen molar-refractivity contribution in [3.8, 4) is 5.75 Å². The number of pyridine rings is 1. The third-order valence-corrected chi connectivity index (χ3v) is 5.21. The van der Waals surface area contributed by atoms with Gasteiger partial charge in [0.25, 0.3) is 0 Å². The van der Waals surface area contributed by atoms with Crippen molar-refractivity contribution in [1.82, 2.24) is 15.0 Å². The van der Waals surface area contributed by atoms with Gasteiger partial charge in [-0.2, -0.15) is 13.2 Å². The van der Waals surface area contributed by atoms with Gasteiger partial charge in [0, 0.05) is 19.3 Å². The third-order valence-electron chi connectivity index (χ3n) is 5.21. The van der Waals surface area contributed by atoms with Crippen LogP contribution in [-0.4, -0.2) is 51.4 Å². The van der Waals surface area contributed by atoms with Crippen molar-refractivity contribution in [3.63, 3.8) is 0 Å². The zero-order valence-electron chi connectivity index (χ0n) is 15.8. The normalized spacial score (nSPS) is 18.2. The number of carbonyl (C=O) groups is 1. The molecule has 0 bridgehead atoms. The van der Waals surface area contributed by atoms with Gasteiger partial charge in [-0.05, 0) is 43.2 Å². The topological polar surface area (TPSA) is 88.4 Å². The summed E-state index contributed by atoms with van der Waals surface area (Å²) in [5.74, 6) is -1.67. The van der Waals surface area contributed by atoms with Crippen LogP contribution in [0.3, 0.4) is 0 Å². The molecule has 1 aliphatic carbocycles. The van der Waals surface area contributed by atoms with Gasteiger partial charge in [-0.25, -0.2) is 19.2 Å². The zero-order valence-corrected chi connectivity index (χ0v) is 15.8. The number of ether oxygens (including phenoxy) is 1. The van der Waals surface area contributed by atoms with E-state index in [1.54, 1.807) is 12.4 Å². The predicted molar refractivity (Wildman–Crippen MR) is 97.4 cm³/mol. The standard InChI is InChI=1S/C17H19FN4O.C2HF3O2/c18-13-10-20-16(21-11-13)22-6-3-17(4-7-22)8-15(9-17)23-14-2-1-5-19-12-14;3-2(4,5)1(6)7/h1-2,5,10-12,15H,3-4,6-9H2;(H,6,7). The quantitative estimate of drug-likeness (QED) is 0.749. The van der Waals surface area contributed by atoms with E-state index in [4.69, 9.17) is 14.6 Å². The van der Waals surface area contributed by atoms with E-state index in [1.807, 2.05) is 12.1 Å². The lowest BCUT2D eigenvalue weighted by Gasteiger charge is -2.51. The number of rotatable bonds is 3. The lowest BCUT2D eigenvalue weighted by Crippen LogP contribution is -2.51. The van der Waals surface area contributed by atoms with E-state index in [9.17, 15) is 17.6 Å². The molecular weight excluding hydrogens is 408 g/mol. The Morgan fingerprint density at radius 3 is 2.27 bits per heavy atom. The van der Waals surface area contributed by atoms with Gasteiger partial charge in [-0.1, -0.05) is 0 Å². The molecule has 2 aliphatic rings. The second kappa shape index (κ2) is 8.80. The van der Waals surface area contributed by atoms with Crippen LogP contribution in [0.15, 0.2) is 36.9 Å². The number of aliphatic carboxylic acids is 1. The lowest BCUT2D eigenvalue weighted by atomic mass is 9.61. The minimum Gasteiger partial charge on any atom is -0.489 e. The molecule has 1 saturated heterocycles. The molecule has 162 valence electrons. The van der Waals surface area contributed by atoms with Gasteiger partial charge in [0.2, 0.25) is 5.95 Å². The van der Waals surface area contributed by atoms with Crippen LogP contribution in [-0.2, 0) is 4.79 Å². The summed E-state index contributed by atoms with van der Waals surface area (Å²) in [7, 11) is 0. The van der Waals surface area contributed by atoms with Crippen LogP contribution in [0.25, 0.3) is 0 Å². The number of carboxylic acid groups (broad SMARTS) is 1. The number of anilines is 1. The summed E-state index contributed by atoms with van der Waals surface area (Å²) in [6.45, 7) is 1.84. The van der Waals surface area contributed by atoms with Crippen LogP contribution in [0, 0.1) is 11.2 Å². The van der Waals surface area contributed by atoms with Gasteiger partial charge in [0.15, 0.2) is 5.82 Å². The molecule has 2 aromatic heterocycles. The maximum Gasteiger partial charge on any atom is 0.490 e. The summed E-state index contributed by atoms with van der Waals surface area (Å²) in [4.78, 5) is 23.3. The number of nitrogens with zero attached hydrogens (tertiary/aromatic N) is 4. The van der Waals surface area contributed by atoms with E-state index in [0.717, 1.165) is 44.5 Å². The van der Waals surface area contributed by atoms with Gasteiger partial charge < -0.3 is 14.7 Å². The monoisotopic (exact) mass is 428 g/mol. The first-order chi connectivity index (χ1) is 14.2. The molecule has 0 unspecified atom stereocenters. The zero-order chi connectivity index (χ0) is 21.8. The molecule has 1 aliphatic heterocycles. The largest absolute Gasteiger partial charge is 0.490 e. The molecule has 30 heavy (non-hydrogen) atoms. The summed E-state index contributed by atoms with van der Waals surface area (Å²) in [6, 6.07) is 3.84. The van der Waals surface area contributed by atoms with E-state index in [1.165, 1.54) is 12.4 Å². The SMILES string of the molecule is Fc1cnc(N2CCC3(CC2)CC(Oc2cccnc2)C3)nc1.O=C(O)C(F)(F)F. The number of hydrogen-bond acceptors (Lipinski definition) is 6. The van der Waals surface area contributed by atoms with Crippen LogP contribution in [0.2, 0.25) is 0 Å². The Bertz CT molecular complexity index is 833. The second-order valence-corrected chi connectivity index (χ2v) is 7.33. The fraction of sp³-hybridized carbons (Fsp3) is 0.474. The highest BCUT2D eigenvalue weighted by Gasteiger charge is 2.47. The van der Waals surface area contributed by atoms with Crippen molar-refractivity contribution in [3.05, 3.63) is 42.7 Å². The van der Waals surface area contributed by atoms with Crippen molar-refractivity contribution in [2.75, 3.05) is 18.0 Å². The van der Waals surface area contributed by atoms with E-state index < -0.39 is 18.0 Å².